The first kappa shape index (κ1) is 24.1. The quantitative estimate of drug-likeness (QED) is 0.374. The number of benzene rings is 1. The Kier molecular flexibility index (Phi) is 5.68. The van der Waals surface area contributed by atoms with Crippen molar-refractivity contribution in [3.63, 3.8) is 0 Å². The number of phenols is 1. The van der Waals surface area contributed by atoms with Crippen LogP contribution >= 0.6 is 12.4 Å². The average Bonchev–Trinajstić information content (AvgIpc) is 3.43. The van der Waals surface area contributed by atoms with Gasteiger partial charge in [0.05, 0.1) is 17.4 Å². The van der Waals surface area contributed by atoms with E-state index in [1.165, 1.54) is 0 Å². The van der Waals surface area contributed by atoms with Gasteiger partial charge in [-0.3, -0.25) is 0 Å². The number of rotatable bonds is 3. The predicted octanol–water partition coefficient (Wildman–Crippen LogP) is 4.21. The van der Waals surface area contributed by atoms with E-state index in [0.29, 0.717) is 22.4 Å². The Morgan fingerprint density at radius 2 is 1.72 bits per heavy atom. The molecule has 10 nitrogen and oxygen atoms in total. The first-order chi connectivity index (χ1) is 16.7. The van der Waals surface area contributed by atoms with Crippen molar-refractivity contribution in [2.24, 2.45) is 0 Å². The van der Waals surface area contributed by atoms with Gasteiger partial charge in [0.15, 0.2) is 5.65 Å². The molecule has 0 amide bonds. The number of aromatic nitrogens is 8. The minimum absolute atomic E-state index is 0. The van der Waals surface area contributed by atoms with E-state index in [4.69, 9.17) is 0 Å². The van der Waals surface area contributed by atoms with Crippen molar-refractivity contribution in [2.45, 2.75) is 57.7 Å². The molecule has 1 aliphatic rings. The second-order valence-corrected chi connectivity index (χ2v) is 10.6. The molecule has 5 heterocycles. The van der Waals surface area contributed by atoms with Gasteiger partial charge in [-0.25, -0.2) is 14.2 Å². The van der Waals surface area contributed by atoms with E-state index >= 15 is 0 Å². The lowest BCUT2D eigenvalue weighted by Crippen LogP contribution is -2.58. The van der Waals surface area contributed by atoms with Crippen molar-refractivity contribution in [2.75, 3.05) is 0 Å². The van der Waals surface area contributed by atoms with Crippen LogP contribution in [0.15, 0.2) is 48.8 Å². The lowest BCUT2D eigenvalue weighted by molar-refractivity contribution is 0.127. The van der Waals surface area contributed by atoms with E-state index in [0.717, 1.165) is 29.7 Å². The molecule has 0 bridgehead atoms. The summed E-state index contributed by atoms with van der Waals surface area (Å²) in [6.07, 6.45) is 5.32. The summed E-state index contributed by atoms with van der Waals surface area (Å²) in [4.78, 5) is 4.22. The lowest BCUT2D eigenvalue weighted by Gasteiger charge is -2.46. The fourth-order valence-corrected chi connectivity index (χ4v) is 5.45. The third-order valence-electron chi connectivity index (χ3n) is 6.56. The van der Waals surface area contributed by atoms with Crippen LogP contribution in [-0.4, -0.2) is 56.0 Å². The molecule has 11 heteroatoms. The van der Waals surface area contributed by atoms with Gasteiger partial charge in [0.1, 0.15) is 11.3 Å². The summed E-state index contributed by atoms with van der Waals surface area (Å²) in [5, 5.41) is 36.8. The number of hydrogen-bond acceptors (Lipinski definition) is 8. The van der Waals surface area contributed by atoms with Crippen LogP contribution in [0.2, 0.25) is 0 Å². The molecule has 1 saturated heterocycles. The van der Waals surface area contributed by atoms with Crippen LogP contribution < -0.4 is 5.32 Å². The highest BCUT2D eigenvalue weighted by Crippen LogP contribution is 2.37. The number of nitrogens with zero attached hydrogens (tertiary/aromatic N) is 8. The number of fused-ring (bicyclic) bond motifs is 2. The zero-order valence-corrected chi connectivity index (χ0v) is 21.4. The normalized spacial score (nSPS) is 17.3. The molecule has 1 aliphatic heterocycles. The maximum atomic E-state index is 10.8. The molecule has 2 N–H and O–H groups in total. The molecule has 1 fully saturated rings. The molecule has 4 aromatic heterocycles. The molecular formula is C25H28ClN9O. The molecule has 0 unspecified atom stereocenters. The number of nitrogens with one attached hydrogen (secondary N) is 1. The second-order valence-electron chi connectivity index (χ2n) is 10.6. The number of phenolic OH excluding ortho intramolecular Hbond substituents is 1. The van der Waals surface area contributed by atoms with Crippen molar-refractivity contribution >= 4 is 29.2 Å². The zero-order chi connectivity index (χ0) is 24.4. The fraction of sp³-hybridized carbons (Fsp3) is 0.360. The summed E-state index contributed by atoms with van der Waals surface area (Å²) in [5.74, 6) is 0.0953. The van der Waals surface area contributed by atoms with Crippen molar-refractivity contribution < 1.29 is 5.11 Å². The highest BCUT2D eigenvalue weighted by molar-refractivity contribution is 5.85. The standard InChI is InChI=1S/C25H27N9O.ClH/c1-24(2)13-16(14-25(3,4)31-24)34-23-20(28-32-34)12-19(27-29-23)17-6-5-15(11-21(17)35)18-7-8-22-26-9-10-33(22)30-18;/h5-12,16,31,35H,13-14H2,1-4H3;1H. The predicted molar refractivity (Wildman–Crippen MR) is 139 cm³/mol. The largest absolute Gasteiger partial charge is 0.507 e. The summed E-state index contributed by atoms with van der Waals surface area (Å²) in [7, 11) is 0. The fourth-order valence-electron chi connectivity index (χ4n) is 5.45. The molecule has 0 spiro atoms. The second kappa shape index (κ2) is 8.49. The summed E-state index contributed by atoms with van der Waals surface area (Å²) in [6.45, 7) is 8.83. The summed E-state index contributed by atoms with van der Waals surface area (Å²) in [5.41, 5.74) is 4.66. The van der Waals surface area contributed by atoms with Crippen molar-refractivity contribution in [3.05, 3.63) is 48.8 Å². The molecular weight excluding hydrogens is 478 g/mol. The van der Waals surface area contributed by atoms with E-state index < -0.39 is 0 Å². The summed E-state index contributed by atoms with van der Waals surface area (Å²) < 4.78 is 3.60. The maximum Gasteiger partial charge on any atom is 0.201 e. The van der Waals surface area contributed by atoms with Crippen molar-refractivity contribution in [1.82, 2.24) is 45.1 Å². The molecule has 1 aromatic carbocycles. The molecule has 0 saturated carbocycles. The van der Waals surface area contributed by atoms with Gasteiger partial charge in [-0.15, -0.1) is 27.7 Å². The van der Waals surface area contributed by atoms with E-state index in [1.807, 2.05) is 35.0 Å². The van der Waals surface area contributed by atoms with Gasteiger partial charge < -0.3 is 10.4 Å². The van der Waals surface area contributed by atoms with Gasteiger partial charge in [-0.1, -0.05) is 11.3 Å². The minimum Gasteiger partial charge on any atom is -0.507 e. The van der Waals surface area contributed by atoms with E-state index in [2.05, 4.69) is 63.6 Å². The molecule has 186 valence electrons. The topological polar surface area (TPSA) is 119 Å². The monoisotopic (exact) mass is 505 g/mol. The Balaban J connectivity index is 0.00000267. The minimum atomic E-state index is -0.0250. The van der Waals surface area contributed by atoms with Crippen molar-refractivity contribution in [1.29, 1.82) is 0 Å². The molecule has 36 heavy (non-hydrogen) atoms. The summed E-state index contributed by atoms with van der Waals surface area (Å²) >= 11 is 0. The number of aromatic hydroxyl groups is 1. The van der Waals surface area contributed by atoms with Gasteiger partial charge in [0, 0.05) is 34.6 Å². The number of halogens is 1. The highest BCUT2D eigenvalue weighted by atomic mass is 35.5. The smallest absolute Gasteiger partial charge is 0.201 e. The van der Waals surface area contributed by atoms with Gasteiger partial charge in [-0.2, -0.15) is 5.10 Å². The third kappa shape index (κ3) is 4.27. The molecule has 0 atom stereocenters. The van der Waals surface area contributed by atoms with E-state index in [-0.39, 0.29) is 35.3 Å². The maximum absolute atomic E-state index is 10.8. The number of imidazole rings is 1. The molecule has 5 aromatic rings. The Morgan fingerprint density at radius 1 is 0.944 bits per heavy atom. The highest BCUT2D eigenvalue weighted by Gasteiger charge is 2.39. The Hall–Kier alpha value is -3.63. The first-order valence-electron chi connectivity index (χ1n) is 11.7. The number of hydrogen-bond donors (Lipinski definition) is 2. The Bertz CT molecular complexity index is 1560. The molecule has 0 radical (unpaired) electrons. The van der Waals surface area contributed by atoms with Crippen LogP contribution in [0.3, 0.4) is 0 Å². The van der Waals surface area contributed by atoms with Crippen LogP contribution in [-0.2, 0) is 0 Å². The summed E-state index contributed by atoms with van der Waals surface area (Å²) in [6, 6.07) is 11.2. The van der Waals surface area contributed by atoms with Crippen LogP contribution in [0.1, 0.15) is 46.6 Å². The van der Waals surface area contributed by atoms with Gasteiger partial charge >= 0.3 is 0 Å². The van der Waals surface area contributed by atoms with Crippen LogP contribution in [0.25, 0.3) is 39.3 Å². The van der Waals surface area contributed by atoms with Gasteiger partial charge in [-0.05, 0) is 70.9 Å². The van der Waals surface area contributed by atoms with E-state index in [9.17, 15) is 5.11 Å². The van der Waals surface area contributed by atoms with Gasteiger partial charge in [0.2, 0.25) is 5.65 Å². The molecule has 6 rings (SSSR count). The van der Waals surface area contributed by atoms with Crippen LogP contribution in [0.4, 0.5) is 0 Å². The van der Waals surface area contributed by atoms with Crippen LogP contribution in [0, 0.1) is 0 Å². The SMILES string of the molecule is CC1(C)CC(n2nnc3cc(-c4ccc(-c5ccc6nccn6n5)cc4O)nnc32)CC(C)(C)N1.Cl. The first-order valence-corrected chi connectivity index (χ1v) is 11.7. The Labute approximate surface area is 214 Å². The Morgan fingerprint density at radius 3 is 2.47 bits per heavy atom. The van der Waals surface area contributed by atoms with Crippen LogP contribution in [0.5, 0.6) is 5.75 Å². The van der Waals surface area contributed by atoms with Crippen molar-refractivity contribution in [3.8, 4) is 28.3 Å². The molecule has 0 aliphatic carbocycles. The van der Waals surface area contributed by atoms with E-state index in [1.54, 1.807) is 23.0 Å². The lowest BCUT2D eigenvalue weighted by atomic mass is 9.80. The average molecular weight is 506 g/mol. The number of piperidine rings is 1. The third-order valence-corrected chi connectivity index (χ3v) is 6.56. The van der Waals surface area contributed by atoms with Gasteiger partial charge in [0.25, 0.3) is 0 Å². The zero-order valence-electron chi connectivity index (χ0n) is 20.5.